The van der Waals surface area contributed by atoms with E-state index >= 15 is 0 Å². The van der Waals surface area contributed by atoms with Gasteiger partial charge in [-0.15, -0.1) is 0 Å². The van der Waals surface area contributed by atoms with E-state index < -0.39 is 0 Å². The molecule has 2 heterocycles. The predicted octanol–water partition coefficient (Wildman–Crippen LogP) is 3.93. The molecule has 0 fully saturated rings. The van der Waals surface area contributed by atoms with Crippen molar-refractivity contribution in [2.75, 3.05) is 5.32 Å². The second kappa shape index (κ2) is 4.35. The number of allylic oxidation sites excluding steroid dienone is 2. The van der Waals surface area contributed by atoms with Gasteiger partial charge in [0.25, 0.3) is 0 Å². The lowest BCUT2D eigenvalue weighted by molar-refractivity contribution is 0.182. The Morgan fingerprint density at radius 2 is 1.80 bits per heavy atom. The van der Waals surface area contributed by atoms with E-state index in [1.165, 1.54) is 0 Å². The highest BCUT2D eigenvalue weighted by Gasteiger charge is 2.20. The molecule has 0 bridgehead atoms. The number of ether oxygens (including phenoxy) is 1. The number of rotatable bonds is 1. The van der Waals surface area contributed by atoms with Gasteiger partial charge in [-0.3, -0.25) is 0 Å². The zero-order chi connectivity index (χ0) is 13.4. The molecule has 2 aliphatic heterocycles. The summed E-state index contributed by atoms with van der Waals surface area (Å²) in [4.78, 5) is 5.13. The highest BCUT2D eigenvalue weighted by atomic mass is 16.6. The lowest BCUT2D eigenvalue weighted by Crippen LogP contribution is -2.14. The molecule has 0 amide bonds. The summed E-state index contributed by atoms with van der Waals surface area (Å²) in [6, 6.07) is 13.8. The third-order valence-corrected chi connectivity index (χ3v) is 3.26. The van der Waals surface area contributed by atoms with Gasteiger partial charge in [-0.25, -0.2) is 5.48 Å². The number of hydroxylamine groups is 1. The van der Waals surface area contributed by atoms with Crippen LogP contribution in [0.15, 0.2) is 60.9 Å². The van der Waals surface area contributed by atoms with Crippen molar-refractivity contribution in [2.24, 2.45) is 0 Å². The molecule has 0 aliphatic carbocycles. The summed E-state index contributed by atoms with van der Waals surface area (Å²) in [6.07, 6.45) is 5.41. The molecule has 98 valence electrons. The van der Waals surface area contributed by atoms with Crippen LogP contribution in [0, 0.1) is 0 Å². The Hall–Kier alpha value is -2.88. The van der Waals surface area contributed by atoms with Gasteiger partial charge in [0.2, 0.25) is 0 Å². The lowest BCUT2D eigenvalue weighted by atomic mass is 10.1. The summed E-state index contributed by atoms with van der Waals surface area (Å²) in [7, 11) is 0. The molecule has 0 atom stereocenters. The summed E-state index contributed by atoms with van der Waals surface area (Å²) in [5, 5.41) is 3.42. The van der Waals surface area contributed by atoms with Crippen LogP contribution < -0.4 is 15.5 Å². The smallest absolute Gasteiger partial charge is 0.151 e. The second-order valence-electron chi connectivity index (χ2n) is 4.53. The van der Waals surface area contributed by atoms with Crippen molar-refractivity contribution in [3.8, 4) is 11.5 Å². The van der Waals surface area contributed by atoms with Gasteiger partial charge in [-0.05, 0) is 30.4 Å². The number of nitrogens with one attached hydrogen (secondary N) is 2. The maximum Gasteiger partial charge on any atom is 0.151 e. The molecule has 2 aromatic rings. The normalized spacial score (nSPS) is 14.7. The van der Waals surface area contributed by atoms with Crippen molar-refractivity contribution in [1.29, 1.82) is 0 Å². The molecule has 2 N–H and O–H groups in total. The monoisotopic (exact) mass is 264 g/mol. The van der Waals surface area contributed by atoms with E-state index in [0.717, 1.165) is 34.1 Å². The summed E-state index contributed by atoms with van der Waals surface area (Å²) >= 11 is 0. The molecule has 0 saturated carbocycles. The minimum Gasteiger partial charge on any atom is -0.453 e. The second-order valence-corrected chi connectivity index (χ2v) is 4.53. The van der Waals surface area contributed by atoms with Crippen molar-refractivity contribution in [1.82, 2.24) is 5.48 Å². The number of hydrogen-bond acceptors (Lipinski definition) is 4. The van der Waals surface area contributed by atoms with Crippen LogP contribution in [-0.4, -0.2) is 0 Å². The first-order valence-corrected chi connectivity index (χ1v) is 6.37. The molecular formula is C16H12N2O2. The van der Waals surface area contributed by atoms with Crippen LogP contribution in [0.5, 0.6) is 11.5 Å². The third kappa shape index (κ3) is 1.70. The maximum absolute atomic E-state index is 5.93. The van der Waals surface area contributed by atoms with Crippen LogP contribution in [-0.2, 0) is 4.84 Å². The third-order valence-electron chi connectivity index (χ3n) is 3.26. The highest BCUT2D eigenvalue weighted by Crippen LogP contribution is 2.44. The van der Waals surface area contributed by atoms with Gasteiger partial charge in [-0.1, -0.05) is 24.3 Å². The molecule has 2 aromatic carbocycles. The fraction of sp³-hybridized carbons (Fsp3) is 0. The molecule has 0 radical (unpaired) electrons. The zero-order valence-corrected chi connectivity index (χ0v) is 10.6. The molecule has 4 nitrogen and oxygen atoms in total. The summed E-state index contributed by atoms with van der Waals surface area (Å²) in [6.45, 7) is 0. The summed E-state index contributed by atoms with van der Waals surface area (Å²) < 4.78 is 5.93. The number of hydrogen-bond donors (Lipinski definition) is 2. The van der Waals surface area contributed by atoms with Crippen molar-refractivity contribution in [3.63, 3.8) is 0 Å². The Bertz CT molecular complexity index is 735. The number of para-hydroxylation sites is 3. The van der Waals surface area contributed by atoms with Crippen LogP contribution >= 0.6 is 0 Å². The van der Waals surface area contributed by atoms with Crippen LogP contribution in [0.25, 0.3) is 5.70 Å². The summed E-state index contributed by atoms with van der Waals surface area (Å²) in [5.41, 5.74) is 6.67. The zero-order valence-electron chi connectivity index (χ0n) is 10.6. The van der Waals surface area contributed by atoms with E-state index in [1.807, 2.05) is 54.6 Å². The van der Waals surface area contributed by atoms with Gasteiger partial charge in [0.15, 0.2) is 11.5 Å². The number of fused-ring (bicyclic) bond motifs is 2. The molecule has 4 rings (SSSR count). The van der Waals surface area contributed by atoms with Crippen LogP contribution in [0.1, 0.15) is 5.56 Å². The molecule has 0 aromatic heterocycles. The Morgan fingerprint density at radius 3 is 2.70 bits per heavy atom. The summed E-state index contributed by atoms with van der Waals surface area (Å²) in [5.74, 6) is 1.64. The average molecular weight is 264 g/mol. The van der Waals surface area contributed by atoms with Crippen molar-refractivity contribution >= 4 is 17.1 Å². The standard InChI is InChI=1S/C16H12N2O2/c1-2-8-14-13(6-1)17-16-11(5-3-9-15(16)20-14)12-7-4-10-19-18-12/h1-10,17-18H. The Balaban J connectivity index is 1.82. The van der Waals surface area contributed by atoms with Crippen molar-refractivity contribution in [3.05, 3.63) is 66.4 Å². The van der Waals surface area contributed by atoms with Crippen LogP contribution in [0.2, 0.25) is 0 Å². The van der Waals surface area contributed by atoms with Gasteiger partial charge in [0.1, 0.15) is 6.26 Å². The minimum atomic E-state index is 0.804. The highest BCUT2D eigenvalue weighted by molar-refractivity contribution is 5.86. The van der Waals surface area contributed by atoms with Crippen LogP contribution in [0.4, 0.5) is 11.4 Å². The molecular weight excluding hydrogens is 252 g/mol. The van der Waals surface area contributed by atoms with E-state index in [-0.39, 0.29) is 0 Å². The number of anilines is 2. The van der Waals surface area contributed by atoms with Gasteiger partial charge in [0, 0.05) is 5.56 Å². The lowest BCUT2D eigenvalue weighted by Gasteiger charge is -2.25. The average Bonchev–Trinajstić information content (AvgIpc) is 2.53. The molecule has 0 saturated heterocycles. The van der Waals surface area contributed by atoms with E-state index in [4.69, 9.17) is 9.57 Å². The Morgan fingerprint density at radius 1 is 0.900 bits per heavy atom. The SMILES string of the molecule is C1=CONC(c2cccc3c2Nc2ccccc2O3)=C1. The topological polar surface area (TPSA) is 42.5 Å². The minimum absolute atomic E-state index is 0.804. The molecule has 20 heavy (non-hydrogen) atoms. The Kier molecular flexibility index (Phi) is 2.39. The number of benzene rings is 2. The van der Waals surface area contributed by atoms with Gasteiger partial charge < -0.3 is 14.9 Å². The first-order valence-electron chi connectivity index (χ1n) is 6.37. The molecule has 0 unspecified atom stereocenters. The Labute approximate surface area is 116 Å². The van der Waals surface area contributed by atoms with Crippen LogP contribution in [0.3, 0.4) is 0 Å². The van der Waals surface area contributed by atoms with Crippen molar-refractivity contribution in [2.45, 2.75) is 0 Å². The van der Waals surface area contributed by atoms with E-state index in [0.29, 0.717) is 0 Å². The van der Waals surface area contributed by atoms with Gasteiger partial charge in [0.05, 0.1) is 17.1 Å². The molecule has 2 aliphatic rings. The quantitative estimate of drug-likeness (QED) is 0.699. The molecule has 4 heteroatoms. The van der Waals surface area contributed by atoms with E-state index in [9.17, 15) is 0 Å². The maximum atomic E-state index is 5.93. The fourth-order valence-electron chi connectivity index (χ4n) is 2.33. The van der Waals surface area contributed by atoms with Gasteiger partial charge in [-0.2, -0.15) is 0 Å². The van der Waals surface area contributed by atoms with Gasteiger partial charge >= 0.3 is 0 Å². The van der Waals surface area contributed by atoms with E-state index in [2.05, 4.69) is 10.8 Å². The molecule has 0 spiro atoms. The van der Waals surface area contributed by atoms with E-state index in [1.54, 1.807) is 6.26 Å². The fourth-order valence-corrected chi connectivity index (χ4v) is 2.33. The first-order chi connectivity index (χ1) is 9.92. The largest absolute Gasteiger partial charge is 0.453 e. The first kappa shape index (κ1) is 11.0. The van der Waals surface area contributed by atoms with Crippen molar-refractivity contribution < 1.29 is 9.57 Å². The predicted molar refractivity (Wildman–Crippen MR) is 77.6 cm³/mol.